The van der Waals surface area contributed by atoms with Crippen molar-refractivity contribution in [2.45, 2.75) is 119 Å². The Balaban J connectivity index is 1.73. The number of amides is 1. The molecule has 0 unspecified atom stereocenters. The van der Waals surface area contributed by atoms with Crippen molar-refractivity contribution in [2.75, 3.05) is 12.4 Å². The summed E-state index contributed by atoms with van der Waals surface area (Å²) in [5.41, 5.74) is 9.01. The van der Waals surface area contributed by atoms with E-state index in [0.29, 0.717) is 58.2 Å². The lowest BCUT2D eigenvalue weighted by molar-refractivity contribution is 0.0592. The van der Waals surface area contributed by atoms with Gasteiger partial charge in [0, 0.05) is 11.1 Å². The van der Waals surface area contributed by atoms with Crippen LogP contribution in [0.5, 0.6) is 0 Å². The number of ether oxygens (including phenoxy) is 1. The number of methoxy groups -OCH3 is 1. The van der Waals surface area contributed by atoms with E-state index >= 15 is 0 Å². The van der Waals surface area contributed by atoms with Crippen LogP contribution in [-0.4, -0.2) is 61.6 Å². The molecular formula is C49H62N4O7Si2. The third-order valence-corrected chi connectivity index (χ3v) is 21.4. The molecule has 328 valence electrons. The highest BCUT2D eigenvalue weighted by Gasteiger charge is 2.38. The number of carbonyl (C=O) groups is 3. The smallest absolute Gasteiger partial charge is 0.356 e. The minimum Gasteiger partial charge on any atom is -0.477 e. The van der Waals surface area contributed by atoms with Crippen molar-refractivity contribution < 1.29 is 33.1 Å². The normalized spacial score (nSPS) is 12.3. The fraction of sp³-hybridized carbons (Fsp3) is 0.388. The minimum absolute atomic E-state index is 0.0228. The number of nitrogens with one attached hydrogen (secondary N) is 1. The molecule has 5 aromatic rings. The van der Waals surface area contributed by atoms with Crippen LogP contribution < -0.4 is 5.32 Å². The zero-order valence-corrected chi connectivity index (χ0v) is 41.0. The van der Waals surface area contributed by atoms with Crippen LogP contribution in [0.1, 0.15) is 107 Å². The second-order valence-corrected chi connectivity index (χ2v) is 28.8. The highest BCUT2D eigenvalue weighted by molar-refractivity contribution is 6.74. The summed E-state index contributed by atoms with van der Waals surface area (Å²) in [5.74, 6) is -2.13. The predicted molar refractivity (Wildman–Crippen MR) is 252 cm³/mol. The Labute approximate surface area is 369 Å². The SMILES string of the molecule is COC(=O)c1cc(C)c(NC(=O)c2nc(-c3cccc(CO[Si](C)(C)C(C)(C)C)c3)cc(-c3cc(CO[Si](C)(C)C(C)(C)C)cc(-c4ccc(C)c(C(=O)O)n4)c3)c2C)c(C)n1. The zero-order chi connectivity index (χ0) is 46.1. The first-order valence-corrected chi connectivity index (χ1v) is 26.7. The van der Waals surface area contributed by atoms with E-state index in [1.165, 1.54) is 7.11 Å². The Hall–Kier alpha value is -5.35. The number of carbonyl (C=O) groups excluding carboxylic acids is 2. The van der Waals surface area contributed by atoms with Gasteiger partial charge in [0.1, 0.15) is 11.4 Å². The average Bonchev–Trinajstić information content (AvgIpc) is 3.19. The van der Waals surface area contributed by atoms with E-state index in [4.69, 9.17) is 18.6 Å². The molecule has 11 nitrogen and oxygen atoms in total. The number of pyridine rings is 3. The van der Waals surface area contributed by atoms with Crippen LogP contribution in [0.4, 0.5) is 5.69 Å². The Morgan fingerprint density at radius 2 is 1.24 bits per heavy atom. The molecule has 2 N–H and O–H groups in total. The third-order valence-electron chi connectivity index (χ3n) is 12.5. The number of aromatic nitrogens is 3. The number of carboxylic acid groups (broad SMARTS) is 1. The number of benzene rings is 2. The standard InChI is InChI=1S/C49H62N4O7Si2/c1-29-19-20-39(51-43(29)46(55)56)37-24-34(28-60-62(14,15)49(8,9)10)23-36(25-37)38-26-40(35-18-16-17-33(22-35)27-59-61(12,13)48(5,6)7)52-44(31(38)3)45(54)53-42-30(2)21-41(47(57)58-11)50-32(42)4/h16-26H,27-28H2,1-15H3,(H,53,54)(H,55,56). The molecular weight excluding hydrogens is 813 g/mol. The number of nitrogens with zero attached hydrogens (tertiary/aromatic N) is 3. The van der Waals surface area contributed by atoms with Gasteiger partial charge in [-0.05, 0) is 145 Å². The zero-order valence-electron chi connectivity index (χ0n) is 39.0. The van der Waals surface area contributed by atoms with E-state index in [9.17, 15) is 19.5 Å². The molecule has 62 heavy (non-hydrogen) atoms. The molecule has 0 aliphatic carbocycles. The van der Waals surface area contributed by atoms with Gasteiger partial charge >= 0.3 is 11.9 Å². The lowest BCUT2D eigenvalue weighted by atomic mass is 9.93. The monoisotopic (exact) mass is 874 g/mol. The van der Waals surface area contributed by atoms with Gasteiger partial charge in [-0.25, -0.2) is 24.5 Å². The van der Waals surface area contributed by atoms with Gasteiger partial charge in [0.05, 0.1) is 43.1 Å². The highest BCUT2D eigenvalue weighted by Crippen LogP contribution is 2.40. The van der Waals surface area contributed by atoms with Gasteiger partial charge in [0.25, 0.3) is 5.91 Å². The molecule has 0 bridgehead atoms. The van der Waals surface area contributed by atoms with E-state index < -0.39 is 34.5 Å². The summed E-state index contributed by atoms with van der Waals surface area (Å²) in [4.78, 5) is 53.2. The molecule has 1 amide bonds. The molecule has 3 heterocycles. The number of carboxylic acids is 1. The Morgan fingerprint density at radius 3 is 1.82 bits per heavy atom. The molecule has 0 aliphatic heterocycles. The maximum atomic E-state index is 14.6. The molecule has 3 aromatic heterocycles. The first-order valence-electron chi connectivity index (χ1n) is 20.9. The van der Waals surface area contributed by atoms with E-state index in [0.717, 1.165) is 27.8 Å². The number of hydrogen-bond acceptors (Lipinski definition) is 9. The largest absolute Gasteiger partial charge is 0.477 e. The van der Waals surface area contributed by atoms with Gasteiger partial charge in [-0.2, -0.15) is 0 Å². The highest BCUT2D eigenvalue weighted by atomic mass is 28.4. The van der Waals surface area contributed by atoms with Crippen LogP contribution in [0, 0.1) is 27.7 Å². The fourth-order valence-corrected chi connectivity index (χ4v) is 8.37. The molecule has 0 aliphatic rings. The quantitative estimate of drug-likeness (QED) is 0.0864. The summed E-state index contributed by atoms with van der Waals surface area (Å²) >= 11 is 0. The van der Waals surface area contributed by atoms with Gasteiger partial charge < -0.3 is 24.0 Å². The predicted octanol–water partition coefficient (Wildman–Crippen LogP) is 11.9. The summed E-state index contributed by atoms with van der Waals surface area (Å²) in [6.45, 7) is 30.0. The number of rotatable bonds is 13. The van der Waals surface area contributed by atoms with Crippen LogP contribution in [-0.2, 0) is 26.8 Å². The van der Waals surface area contributed by atoms with E-state index in [1.54, 1.807) is 32.9 Å². The lowest BCUT2D eigenvalue weighted by Crippen LogP contribution is -2.40. The molecule has 0 fully saturated rings. The Bertz CT molecular complexity index is 2510. The number of anilines is 1. The second-order valence-electron chi connectivity index (χ2n) is 19.1. The summed E-state index contributed by atoms with van der Waals surface area (Å²) in [7, 11) is -2.95. The van der Waals surface area contributed by atoms with Gasteiger partial charge in [-0.1, -0.05) is 65.8 Å². The summed E-state index contributed by atoms with van der Waals surface area (Å²) < 4.78 is 18.2. The van der Waals surface area contributed by atoms with E-state index in [2.05, 4.69) is 95.1 Å². The van der Waals surface area contributed by atoms with Crippen molar-refractivity contribution in [3.63, 3.8) is 0 Å². The Kier molecular flexibility index (Phi) is 14.0. The molecule has 0 saturated heterocycles. The summed E-state index contributed by atoms with van der Waals surface area (Å²) in [6, 6.07) is 21.2. The van der Waals surface area contributed by atoms with Crippen LogP contribution in [0.2, 0.25) is 36.3 Å². The maximum Gasteiger partial charge on any atom is 0.356 e. The number of aromatic carboxylic acids is 1. The van der Waals surface area contributed by atoms with Crippen LogP contribution in [0.15, 0.2) is 66.7 Å². The molecule has 5 rings (SSSR count). The molecule has 0 radical (unpaired) electrons. The van der Waals surface area contributed by atoms with Gasteiger partial charge in [-0.15, -0.1) is 0 Å². The molecule has 0 atom stereocenters. The molecule has 0 spiro atoms. The van der Waals surface area contributed by atoms with Crippen LogP contribution in [0.3, 0.4) is 0 Å². The topological polar surface area (TPSA) is 150 Å². The van der Waals surface area contributed by atoms with Crippen LogP contribution >= 0.6 is 0 Å². The van der Waals surface area contributed by atoms with Gasteiger partial charge in [-0.3, -0.25) is 4.79 Å². The summed E-state index contributed by atoms with van der Waals surface area (Å²) in [6.07, 6.45) is 0. The molecule has 13 heteroatoms. The summed E-state index contributed by atoms with van der Waals surface area (Å²) in [5, 5.41) is 13.1. The van der Waals surface area contributed by atoms with Gasteiger partial charge in [0.2, 0.25) is 0 Å². The van der Waals surface area contributed by atoms with E-state index in [1.807, 2.05) is 49.4 Å². The first-order chi connectivity index (χ1) is 28.7. The minimum atomic E-state index is -2.19. The average molecular weight is 875 g/mol. The van der Waals surface area contributed by atoms with Crippen molar-refractivity contribution in [1.29, 1.82) is 0 Å². The van der Waals surface area contributed by atoms with Crippen molar-refractivity contribution in [3.8, 4) is 33.6 Å². The second kappa shape index (κ2) is 18.2. The van der Waals surface area contributed by atoms with Crippen LogP contribution in [0.25, 0.3) is 33.6 Å². The molecule has 2 aromatic carbocycles. The van der Waals surface area contributed by atoms with Crippen molar-refractivity contribution in [2.24, 2.45) is 0 Å². The van der Waals surface area contributed by atoms with Crippen molar-refractivity contribution >= 4 is 40.2 Å². The third kappa shape index (κ3) is 10.6. The van der Waals surface area contributed by atoms with E-state index in [-0.39, 0.29) is 27.2 Å². The Morgan fingerprint density at radius 1 is 0.661 bits per heavy atom. The van der Waals surface area contributed by atoms with Gasteiger partial charge in [0.15, 0.2) is 22.3 Å². The number of esters is 1. The first kappa shape index (κ1) is 47.7. The van der Waals surface area contributed by atoms with Crippen molar-refractivity contribution in [3.05, 3.63) is 117 Å². The van der Waals surface area contributed by atoms with Crippen molar-refractivity contribution in [1.82, 2.24) is 15.0 Å². The number of hydrogen-bond donors (Lipinski definition) is 2. The number of aryl methyl sites for hydroxylation is 3. The molecule has 0 saturated carbocycles. The lowest BCUT2D eigenvalue weighted by Gasteiger charge is -2.36. The fourth-order valence-electron chi connectivity index (χ4n) is 6.45. The maximum absolute atomic E-state index is 14.6.